The van der Waals surface area contributed by atoms with Gasteiger partial charge in [-0.2, -0.15) is 0 Å². The van der Waals surface area contributed by atoms with Gasteiger partial charge in [-0.15, -0.1) is 0 Å². The van der Waals surface area contributed by atoms with Crippen LogP contribution >= 0.6 is 0 Å². The van der Waals surface area contributed by atoms with E-state index >= 15 is 0 Å². The molecule has 0 aliphatic rings. The maximum atomic E-state index is 11.9. The zero-order valence-corrected chi connectivity index (χ0v) is 26.2. The van der Waals surface area contributed by atoms with Gasteiger partial charge in [0.15, 0.2) is 0 Å². The van der Waals surface area contributed by atoms with Crippen LogP contribution in [0.3, 0.4) is 0 Å². The van der Waals surface area contributed by atoms with Crippen LogP contribution in [0.5, 0.6) is 0 Å². The molecule has 0 aromatic heterocycles. The Labute approximate surface area is 251 Å². The SMILES string of the molecule is CCCCCCCCCCCC(=O)OC[C@H](O)COC(=O)CCC/C=C\C/C=C\C/C=C\C/C=C\[C@@H](O)CCCC. The average Bonchev–Trinajstić information content (AvgIpc) is 2.97. The van der Waals surface area contributed by atoms with Gasteiger partial charge in [0.1, 0.15) is 19.3 Å². The number of aliphatic hydroxyl groups excluding tert-OH is 2. The number of aliphatic hydroxyl groups is 2. The van der Waals surface area contributed by atoms with Crippen LogP contribution in [0.2, 0.25) is 0 Å². The number of ether oxygens (including phenoxy) is 2. The molecule has 0 rings (SSSR count). The molecule has 0 unspecified atom stereocenters. The highest BCUT2D eigenvalue weighted by molar-refractivity contribution is 5.69. The van der Waals surface area contributed by atoms with Gasteiger partial charge in [0.05, 0.1) is 6.10 Å². The molecule has 0 aromatic carbocycles. The molecule has 0 amide bonds. The zero-order chi connectivity index (χ0) is 30.2. The minimum atomic E-state index is -0.993. The lowest BCUT2D eigenvalue weighted by molar-refractivity contribution is -0.152. The minimum Gasteiger partial charge on any atom is -0.463 e. The molecular weight excluding hydrogens is 516 g/mol. The summed E-state index contributed by atoms with van der Waals surface area (Å²) in [5, 5.41) is 19.7. The van der Waals surface area contributed by atoms with E-state index in [0.29, 0.717) is 19.3 Å². The Morgan fingerprint density at radius 1 is 0.585 bits per heavy atom. The number of unbranched alkanes of at least 4 members (excludes halogenated alkanes) is 10. The molecule has 0 radical (unpaired) electrons. The second-order valence-corrected chi connectivity index (χ2v) is 10.7. The molecule has 6 nitrogen and oxygen atoms in total. The summed E-state index contributed by atoms with van der Waals surface area (Å²) < 4.78 is 10.2. The van der Waals surface area contributed by atoms with Gasteiger partial charge in [0.25, 0.3) is 0 Å². The Bertz CT molecular complexity index is 724. The highest BCUT2D eigenvalue weighted by atomic mass is 16.6. The second-order valence-electron chi connectivity index (χ2n) is 10.7. The Morgan fingerprint density at radius 3 is 1.61 bits per heavy atom. The maximum Gasteiger partial charge on any atom is 0.305 e. The van der Waals surface area contributed by atoms with E-state index in [1.54, 1.807) is 0 Å². The van der Waals surface area contributed by atoms with E-state index in [0.717, 1.165) is 64.2 Å². The lowest BCUT2D eigenvalue weighted by atomic mass is 10.1. The van der Waals surface area contributed by atoms with Crippen molar-refractivity contribution >= 4 is 11.9 Å². The van der Waals surface area contributed by atoms with E-state index in [4.69, 9.17) is 9.47 Å². The predicted octanol–water partition coefficient (Wildman–Crippen LogP) is 8.47. The van der Waals surface area contributed by atoms with Crippen LogP contribution in [0.25, 0.3) is 0 Å². The number of hydrogen-bond donors (Lipinski definition) is 2. The van der Waals surface area contributed by atoms with Crippen molar-refractivity contribution in [3.63, 3.8) is 0 Å². The minimum absolute atomic E-state index is 0.143. The third kappa shape index (κ3) is 30.6. The molecule has 0 aromatic rings. The molecule has 2 N–H and O–H groups in total. The van der Waals surface area contributed by atoms with Gasteiger partial charge in [0.2, 0.25) is 0 Å². The van der Waals surface area contributed by atoms with E-state index in [1.165, 1.54) is 38.5 Å². The molecule has 0 saturated heterocycles. The second kappa shape index (κ2) is 30.8. The lowest BCUT2D eigenvalue weighted by Gasteiger charge is -2.12. The van der Waals surface area contributed by atoms with Crippen molar-refractivity contribution in [3.05, 3.63) is 48.6 Å². The van der Waals surface area contributed by atoms with Crippen molar-refractivity contribution in [1.82, 2.24) is 0 Å². The molecule has 6 heteroatoms. The molecule has 2 atom stereocenters. The first kappa shape index (κ1) is 38.8. The molecule has 0 spiro atoms. The van der Waals surface area contributed by atoms with Crippen molar-refractivity contribution in [2.75, 3.05) is 13.2 Å². The largest absolute Gasteiger partial charge is 0.463 e. The third-order valence-electron chi connectivity index (χ3n) is 6.64. The topological polar surface area (TPSA) is 93.1 Å². The van der Waals surface area contributed by atoms with Crippen LogP contribution in [-0.2, 0) is 19.1 Å². The normalized spacial score (nSPS) is 13.6. The molecule has 41 heavy (non-hydrogen) atoms. The van der Waals surface area contributed by atoms with Gasteiger partial charge in [0, 0.05) is 12.8 Å². The van der Waals surface area contributed by atoms with E-state index in [1.807, 2.05) is 12.2 Å². The fourth-order valence-corrected chi connectivity index (χ4v) is 4.09. The quantitative estimate of drug-likeness (QED) is 0.0551. The van der Waals surface area contributed by atoms with Gasteiger partial charge in [-0.25, -0.2) is 0 Å². The maximum absolute atomic E-state index is 11.9. The van der Waals surface area contributed by atoms with E-state index in [-0.39, 0.29) is 31.3 Å². The van der Waals surface area contributed by atoms with Crippen molar-refractivity contribution in [2.45, 2.75) is 148 Å². The predicted molar refractivity (Wildman–Crippen MR) is 170 cm³/mol. The first-order chi connectivity index (χ1) is 20.0. The van der Waals surface area contributed by atoms with Crippen molar-refractivity contribution < 1.29 is 29.3 Å². The van der Waals surface area contributed by atoms with Crippen LogP contribution in [0.4, 0.5) is 0 Å². The summed E-state index contributed by atoms with van der Waals surface area (Å²) in [4.78, 5) is 23.7. The average molecular weight is 577 g/mol. The molecule has 0 bridgehead atoms. The van der Waals surface area contributed by atoms with Gasteiger partial charge in [-0.05, 0) is 44.9 Å². The van der Waals surface area contributed by atoms with Crippen molar-refractivity contribution in [1.29, 1.82) is 0 Å². The first-order valence-corrected chi connectivity index (χ1v) is 16.3. The Morgan fingerprint density at radius 2 is 1.05 bits per heavy atom. The fourth-order valence-electron chi connectivity index (χ4n) is 4.09. The summed E-state index contributed by atoms with van der Waals surface area (Å²) in [6.07, 6.45) is 33.6. The van der Waals surface area contributed by atoms with Crippen molar-refractivity contribution in [2.24, 2.45) is 0 Å². The highest BCUT2D eigenvalue weighted by Crippen LogP contribution is 2.11. The molecule has 0 aliphatic carbocycles. The zero-order valence-electron chi connectivity index (χ0n) is 26.2. The standard InChI is InChI=1S/C35H60O6/c1-3-5-7-8-9-14-18-21-24-28-34(38)40-30-33(37)31-41-35(39)29-25-22-19-16-13-11-10-12-15-17-20-23-27-32(36)26-6-4-2/h10-11,15-17,19,23,27,32-33,36-37H,3-9,12-14,18,20-22,24-26,28-31H2,1-2H3/b11-10-,17-15-,19-16-,27-23-/t32-,33-/m0/s1. The van der Waals surface area contributed by atoms with Gasteiger partial charge < -0.3 is 19.7 Å². The van der Waals surface area contributed by atoms with Crippen molar-refractivity contribution in [3.8, 4) is 0 Å². The van der Waals surface area contributed by atoms with Gasteiger partial charge in [-0.3, -0.25) is 9.59 Å². The molecule has 0 heterocycles. The van der Waals surface area contributed by atoms with Crippen LogP contribution in [0.15, 0.2) is 48.6 Å². The van der Waals surface area contributed by atoms with Gasteiger partial charge in [-0.1, -0.05) is 127 Å². The number of esters is 2. The van der Waals surface area contributed by atoms with Crippen LogP contribution in [-0.4, -0.2) is 47.6 Å². The summed E-state index contributed by atoms with van der Waals surface area (Å²) in [6, 6.07) is 0. The number of rotatable bonds is 28. The Kier molecular flexibility index (Phi) is 29.1. The van der Waals surface area contributed by atoms with E-state index < -0.39 is 6.10 Å². The summed E-state index contributed by atoms with van der Waals surface area (Å²) >= 11 is 0. The Hall–Kier alpha value is -2.18. The lowest BCUT2D eigenvalue weighted by Crippen LogP contribution is -2.25. The van der Waals surface area contributed by atoms with Crippen LogP contribution < -0.4 is 0 Å². The molecule has 0 saturated carbocycles. The summed E-state index contributed by atoms with van der Waals surface area (Å²) in [7, 11) is 0. The van der Waals surface area contributed by atoms with E-state index in [9.17, 15) is 19.8 Å². The van der Waals surface area contributed by atoms with Crippen LogP contribution in [0, 0.1) is 0 Å². The smallest absolute Gasteiger partial charge is 0.305 e. The molecule has 236 valence electrons. The molecule has 0 aliphatic heterocycles. The highest BCUT2D eigenvalue weighted by Gasteiger charge is 2.11. The number of allylic oxidation sites excluding steroid dienone is 7. The number of hydrogen-bond acceptors (Lipinski definition) is 6. The number of carbonyl (C=O) groups excluding carboxylic acids is 2. The van der Waals surface area contributed by atoms with E-state index in [2.05, 4.69) is 50.3 Å². The fraction of sp³-hybridized carbons (Fsp3) is 0.714. The number of carbonyl (C=O) groups is 2. The monoisotopic (exact) mass is 576 g/mol. The first-order valence-electron chi connectivity index (χ1n) is 16.3. The van der Waals surface area contributed by atoms with Crippen LogP contribution in [0.1, 0.15) is 136 Å². The molecular formula is C35H60O6. The Balaban J connectivity index is 3.63. The summed E-state index contributed by atoms with van der Waals surface area (Å²) in [5.74, 6) is -0.658. The third-order valence-corrected chi connectivity index (χ3v) is 6.64. The summed E-state index contributed by atoms with van der Waals surface area (Å²) in [5.41, 5.74) is 0. The molecule has 0 fully saturated rings. The van der Waals surface area contributed by atoms with Gasteiger partial charge >= 0.3 is 11.9 Å². The summed E-state index contributed by atoms with van der Waals surface area (Å²) in [6.45, 7) is 4.05.